The van der Waals surface area contributed by atoms with E-state index in [2.05, 4.69) is 65.6 Å². The fourth-order valence-corrected chi connectivity index (χ4v) is 2.88. The average Bonchev–Trinajstić information content (AvgIpc) is 3.06. The molecule has 3 heterocycles. The maximum Gasteiger partial charge on any atom is 0.156 e. The summed E-state index contributed by atoms with van der Waals surface area (Å²) in [6, 6.07) is 4.28. The molecule has 0 unspecified atom stereocenters. The number of aromatic nitrogens is 4. The molecule has 0 bridgehead atoms. The van der Waals surface area contributed by atoms with Gasteiger partial charge in [0, 0.05) is 23.1 Å². The van der Waals surface area contributed by atoms with Gasteiger partial charge in [-0.1, -0.05) is 54.4 Å². The number of hydrogen-bond acceptors (Lipinski definition) is 3. The molecule has 0 amide bonds. The van der Waals surface area contributed by atoms with Crippen LogP contribution in [0.4, 0.5) is 0 Å². The van der Waals surface area contributed by atoms with Crippen molar-refractivity contribution in [2.24, 2.45) is 0 Å². The summed E-state index contributed by atoms with van der Waals surface area (Å²) >= 11 is 0. The summed E-state index contributed by atoms with van der Waals surface area (Å²) in [7, 11) is 0. The van der Waals surface area contributed by atoms with E-state index in [0.717, 1.165) is 57.9 Å². The fraction of sp³-hybridized carbons (Fsp3) is 0.522. The Kier molecular flexibility index (Phi) is 7.52. The van der Waals surface area contributed by atoms with Gasteiger partial charge >= 0.3 is 0 Å². The van der Waals surface area contributed by atoms with Crippen LogP contribution in [0.15, 0.2) is 18.3 Å². The molecule has 146 valence electrons. The smallest absolute Gasteiger partial charge is 0.156 e. The molecule has 0 saturated heterocycles. The number of nitrogens with zero attached hydrogens (tertiary/aromatic N) is 3. The van der Waals surface area contributed by atoms with Crippen LogP contribution in [0.5, 0.6) is 0 Å². The van der Waals surface area contributed by atoms with E-state index in [1.54, 1.807) is 0 Å². The molecule has 0 fully saturated rings. The topological polar surface area (TPSA) is 54.5 Å². The second kappa shape index (κ2) is 9.63. The monoisotopic (exact) mass is 366 g/mol. The molecule has 0 aromatic carbocycles. The van der Waals surface area contributed by atoms with Crippen molar-refractivity contribution in [3.8, 4) is 11.3 Å². The van der Waals surface area contributed by atoms with Gasteiger partial charge < -0.3 is 4.98 Å². The molecule has 3 aromatic rings. The summed E-state index contributed by atoms with van der Waals surface area (Å²) in [5.74, 6) is 0.431. The van der Waals surface area contributed by atoms with Gasteiger partial charge in [0.25, 0.3) is 0 Å². The maximum absolute atomic E-state index is 4.93. The highest BCUT2D eigenvalue weighted by Crippen LogP contribution is 2.28. The number of pyridine rings is 1. The highest BCUT2D eigenvalue weighted by atomic mass is 14.9. The third-order valence-corrected chi connectivity index (χ3v) is 4.78. The zero-order valence-electron chi connectivity index (χ0n) is 18.0. The lowest BCUT2D eigenvalue weighted by Gasteiger charge is -2.13. The van der Waals surface area contributed by atoms with E-state index >= 15 is 0 Å². The molecule has 3 rings (SSSR count). The van der Waals surface area contributed by atoms with E-state index < -0.39 is 0 Å². The molecule has 0 aliphatic rings. The first-order valence-electron chi connectivity index (χ1n) is 10.3. The summed E-state index contributed by atoms with van der Waals surface area (Å²) in [5, 5.41) is 0. The predicted octanol–water partition coefficient (Wildman–Crippen LogP) is 6.38. The summed E-state index contributed by atoms with van der Waals surface area (Å²) in [5.41, 5.74) is 8.30. The number of nitrogens with one attached hydrogen (secondary N) is 1. The van der Waals surface area contributed by atoms with Crippen LogP contribution in [0.2, 0.25) is 0 Å². The Morgan fingerprint density at radius 2 is 1.56 bits per heavy atom. The van der Waals surface area contributed by atoms with Gasteiger partial charge in [-0.25, -0.2) is 9.97 Å². The molecule has 0 aliphatic carbocycles. The van der Waals surface area contributed by atoms with Crippen molar-refractivity contribution in [2.45, 2.75) is 80.1 Å². The van der Waals surface area contributed by atoms with Crippen LogP contribution in [0.25, 0.3) is 22.4 Å². The first-order chi connectivity index (χ1) is 13.0. The van der Waals surface area contributed by atoms with E-state index in [1.165, 1.54) is 12.8 Å². The first kappa shape index (κ1) is 21.1. The quantitative estimate of drug-likeness (QED) is 0.570. The third kappa shape index (κ3) is 4.74. The normalized spacial score (nSPS) is 11.0. The van der Waals surface area contributed by atoms with Crippen molar-refractivity contribution in [1.29, 1.82) is 0 Å². The molecule has 0 atom stereocenters. The van der Waals surface area contributed by atoms with E-state index in [1.807, 2.05) is 6.20 Å². The van der Waals surface area contributed by atoms with Gasteiger partial charge in [-0.05, 0) is 43.4 Å². The van der Waals surface area contributed by atoms with Gasteiger partial charge in [-0.2, -0.15) is 0 Å². The van der Waals surface area contributed by atoms with Crippen molar-refractivity contribution < 1.29 is 0 Å². The van der Waals surface area contributed by atoms with Crippen LogP contribution in [-0.2, 0) is 12.8 Å². The Morgan fingerprint density at radius 1 is 0.889 bits per heavy atom. The van der Waals surface area contributed by atoms with Crippen molar-refractivity contribution in [2.75, 3.05) is 0 Å². The van der Waals surface area contributed by atoms with Gasteiger partial charge in [0.2, 0.25) is 0 Å². The van der Waals surface area contributed by atoms with Crippen LogP contribution < -0.4 is 0 Å². The Hall–Kier alpha value is -2.23. The van der Waals surface area contributed by atoms with Gasteiger partial charge in [0.1, 0.15) is 5.52 Å². The van der Waals surface area contributed by atoms with E-state index in [-0.39, 0.29) is 0 Å². The molecule has 3 aromatic heterocycles. The van der Waals surface area contributed by atoms with Crippen LogP contribution in [-0.4, -0.2) is 19.9 Å². The van der Waals surface area contributed by atoms with Crippen molar-refractivity contribution in [3.05, 3.63) is 41.0 Å². The summed E-state index contributed by atoms with van der Waals surface area (Å²) in [6.45, 7) is 15.0. The highest BCUT2D eigenvalue weighted by molar-refractivity contribution is 5.79. The lowest BCUT2D eigenvalue weighted by Crippen LogP contribution is -2.03. The number of H-pyrrole nitrogens is 1. The fourth-order valence-electron chi connectivity index (χ4n) is 2.88. The van der Waals surface area contributed by atoms with Crippen molar-refractivity contribution in [3.63, 3.8) is 0 Å². The van der Waals surface area contributed by atoms with Crippen LogP contribution in [0.1, 0.15) is 82.9 Å². The summed E-state index contributed by atoms with van der Waals surface area (Å²) in [4.78, 5) is 17.8. The maximum atomic E-state index is 4.93. The summed E-state index contributed by atoms with van der Waals surface area (Å²) < 4.78 is 0. The molecule has 0 radical (unpaired) electrons. The Bertz CT molecular complexity index is 875. The Labute approximate surface area is 163 Å². The highest BCUT2D eigenvalue weighted by Gasteiger charge is 2.16. The SMILES string of the molecule is CCCC.CCc1nc(C(C)C)ccc1-c1nc2c(C)c[nH]c2nc1CC. The van der Waals surface area contributed by atoms with Gasteiger partial charge in [-0.3, -0.25) is 4.98 Å². The number of rotatable bonds is 5. The molecular weight excluding hydrogens is 332 g/mol. The largest absolute Gasteiger partial charge is 0.345 e. The van der Waals surface area contributed by atoms with Crippen LogP contribution in [0, 0.1) is 6.92 Å². The van der Waals surface area contributed by atoms with Crippen molar-refractivity contribution in [1.82, 2.24) is 19.9 Å². The summed E-state index contributed by atoms with van der Waals surface area (Å²) in [6.07, 6.45) is 6.35. The Balaban J connectivity index is 0.000000596. The van der Waals surface area contributed by atoms with E-state index in [4.69, 9.17) is 15.0 Å². The number of fused-ring (bicyclic) bond motifs is 1. The third-order valence-electron chi connectivity index (χ3n) is 4.78. The van der Waals surface area contributed by atoms with Crippen LogP contribution in [0.3, 0.4) is 0 Å². The molecule has 27 heavy (non-hydrogen) atoms. The second-order valence-electron chi connectivity index (χ2n) is 7.28. The zero-order valence-corrected chi connectivity index (χ0v) is 18.0. The molecule has 0 aliphatic heterocycles. The van der Waals surface area contributed by atoms with E-state index in [9.17, 15) is 0 Å². The first-order valence-corrected chi connectivity index (χ1v) is 10.3. The minimum atomic E-state index is 0.431. The van der Waals surface area contributed by atoms with E-state index in [0.29, 0.717) is 5.92 Å². The number of hydrogen-bond donors (Lipinski definition) is 1. The van der Waals surface area contributed by atoms with Gasteiger partial charge in [0.15, 0.2) is 5.65 Å². The lowest BCUT2D eigenvalue weighted by atomic mass is 10.0. The van der Waals surface area contributed by atoms with Crippen molar-refractivity contribution >= 4 is 11.2 Å². The molecule has 0 spiro atoms. The number of aryl methyl sites for hydroxylation is 3. The predicted molar refractivity (Wildman–Crippen MR) is 115 cm³/mol. The molecular formula is C23H34N4. The molecule has 4 heteroatoms. The number of unbranched alkanes of at least 4 members (excludes halogenated alkanes) is 1. The molecule has 4 nitrogen and oxygen atoms in total. The zero-order chi connectivity index (χ0) is 20.0. The van der Waals surface area contributed by atoms with Gasteiger partial charge in [0.05, 0.1) is 11.4 Å². The molecule has 0 saturated carbocycles. The minimum Gasteiger partial charge on any atom is -0.345 e. The average molecular weight is 367 g/mol. The minimum absolute atomic E-state index is 0.431. The molecule has 1 N–H and O–H groups in total. The number of aromatic amines is 1. The van der Waals surface area contributed by atoms with Crippen LogP contribution >= 0.6 is 0 Å². The second-order valence-corrected chi connectivity index (χ2v) is 7.28. The van der Waals surface area contributed by atoms with Gasteiger partial charge in [-0.15, -0.1) is 0 Å². The standard InChI is InChI=1S/C19H24N4.C4H10/c1-6-14-13(8-9-16(21-14)11(3)4)18-15(7-2)22-19-17(23-18)12(5)10-20-19;1-3-4-2/h8-11H,6-7H2,1-5H3,(H,20,22);3-4H2,1-2H3. The lowest BCUT2D eigenvalue weighted by molar-refractivity contribution is 0.807. The Morgan fingerprint density at radius 3 is 2.11 bits per heavy atom.